The number of aromatic nitrogens is 1. The van der Waals surface area contributed by atoms with Crippen molar-refractivity contribution >= 4 is 23.2 Å². The highest BCUT2D eigenvalue weighted by molar-refractivity contribution is 7.13. The summed E-state index contributed by atoms with van der Waals surface area (Å²) in [6.45, 7) is 3.72. The van der Waals surface area contributed by atoms with Crippen LogP contribution in [0.1, 0.15) is 59.4 Å². The molecule has 24 heavy (non-hydrogen) atoms. The van der Waals surface area contributed by atoms with Gasteiger partial charge in [-0.15, -0.1) is 11.3 Å². The standard InChI is InChI=1S/C17H26N4O2S/c1-3-15(22)18-11-6-4-5-7-12(11)19-16(23)17-20-13-8-9-21(2)10-14(13)24-17/h11-12H,3-10H2,1-2H3,(H,18,22)(H,19,23)/t11-,12+/m0/s1. The summed E-state index contributed by atoms with van der Waals surface area (Å²) >= 11 is 1.50. The van der Waals surface area contributed by atoms with Crippen molar-refractivity contribution in [3.63, 3.8) is 0 Å². The zero-order chi connectivity index (χ0) is 17.1. The Bertz CT molecular complexity index is 616. The molecule has 1 aromatic heterocycles. The van der Waals surface area contributed by atoms with E-state index in [-0.39, 0.29) is 23.9 Å². The van der Waals surface area contributed by atoms with Crippen molar-refractivity contribution in [2.75, 3.05) is 13.6 Å². The Morgan fingerprint density at radius 2 is 1.96 bits per heavy atom. The van der Waals surface area contributed by atoms with Gasteiger partial charge in [-0.1, -0.05) is 19.8 Å². The first-order valence-electron chi connectivity index (χ1n) is 8.84. The molecule has 0 unspecified atom stereocenters. The van der Waals surface area contributed by atoms with Crippen LogP contribution in [0.5, 0.6) is 0 Å². The van der Waals surface area contributed by atoms with E-state index in [0.717, 1.165) is 50.9 Å². The summed E-state index contributed by atoms with van der Waals surface area (Å²) in [5.74, 6) is -0.0476. The number of nitrogens with zero attached hydrogens (tertiary/aromatic N) is 2. The minimum Gasteiger partial charge on any atom is -0.351 e. The molecular weight excluding hydrogens is 324 g/mol. The molecule has 2 heterocycles. The molecule has 2 N–H and O–H groups in total. The van der Waals surface area contributed by atoms with Gasteiger partial charge in [-0.2, -0.15) is 0 Å². The lowest BCUT2D eigenvalue weighted by atomic mass is 9.90. The maximum absolute atomic E-state index is 12.6. The summed E-state index contributed by atoms with van der Waals surface area (Å²) in [6, 6.07) is 0.0428. The van der Waals surface area contributed by atoms with Crippen LogP contribution in [-0.4, -0.2) is 47.4 Å². The summed E-state index contributed by atoms with van der Waals surface area (Å²) in [4.78, 5) is 32.3. The summed E-state index contributed by atoms with van der Waals surface area (Å²) in [5.41, 5.74) is 1.07. The number of hydrogen-bond acceptors (Lipinski definition) is 5. The van der Waals surface area contributed by atoms with Crippen LogP contribution in [0.4, 0.5) is 0 Å². The molecule has 0 aromatic carbocycles. The molecule has 2 amide bonds. The molecule has 7 heteroatoms. The van der Waals surface area contributed by atoms with E-state index in [0.29, 0.717) is 11.4 Å². The van der Waals surface area contributed by atoms with Crippen LogP contribution in [0.2, 0.25) is 0 Å². The average molecular weight is 350 g/mol. The summed E-state index contributed by atoms with van der Waals surface area (Å²) in [6.07, 6.45) is 5.41. The second-order valence-corrected chi connectivity index (χ2v) is 7.85. The first kappa shape index (κ1) is 17.4. The predicted molar refractivity (Wildman–Crippen MR) is 94.1 cm³/mol. The second kappa shape index (κ2) is 7.61. The van der Waals surface area contributed by atoms with Crippen molar-refractivity contribution in [2.45, 2.75) is 64.1 Å². The number of thiazole rings is 1. The topological polar surface area (TPSA) is 74.3 Å². The lowest BCUT2D eigenvalue weighted by molar-refractivity contribution is -0.121. The van der Waals surface area contributed by atoms with Crippen molar-refractivity contribution < 1.29 is 9.59 Å². The average Bonchev–Trinajstić information content (AvgIpc) is 2.99. The fourth-order valence-electron chi connectivity index (χ4n) is 3.44. The van der Waals surface area contributed by atoms with Gasteiger partial charge in [0.15, 0.2) is 5.01 Å². The van der Waals surface area contributed by atoms with Crippen LogP contribution in [0.25, 0.3) is 0 Å². The van der Waals surface area contributed by atoms with E-state index in [2.05, 4.69) is 27.6 Å². The Kier molecular flexibility index (Phi) is 5.50. The summed E-state index contributed by atoms with van der Waals surface area (Å²) in [7, 11) is 2.09. The number of carbonyl (C=O) groups excluding carboxylic acids is 2. The quantitative estimate of drug-likeness (QED) is 0.867. The summed E-state index contributed by atoms with van der Waals surface area (Å²) < 4.78 is 0. The molecule has 1 fully saturated rings. The molecule has 0 spiro atoms. The largest absolute Gasteiger partial charge is 0.351 e. The Morgan fingerprint density at radius 1 is 1.25 bits per heavy atom. The second-order valence-electron chi connectivity index (χ2n) is 6.77. The van der Waals surface area contributed by atoms with Gasteiger partial charge >= 0.3 is 0 Å². The van der Waals surface area contributed by atoms with Gasteiger partial charge in [-0.05, 0) is 19.9 Å². The molecule has 1 aliphatic carbocycles. The highest BCUT2D eigenvalue weighted by atomic mass is 32.1. The van der Waals surface area contributed by atoms with Crippen molar-refractivity contribution in [2.24, 2.45) is 0 Å². The van der Waals surface area contributed by atoms with Gasteiger partial charge in [-0.3, -0.25) is 9.59 Å². The molecule has 2 atom stereocenters. The molecular formula is C17H26N4O2S. The van der Waals surface area contributed by atoms with Crippen molar-refractivity contribution in [3.8, 4) is 0 Å². The fraction of sp³-hybridized carbons (Fsp3) is 0.706. The Morgan fingerprint density at radius 3 is 2.67 bits per heavy atom. The Balaban J connectivity index is 1.65. The number of fused-ring (bicyclic) bond motifs is 1. The zero-order valence-corrected chi connectivity index (χ0v) is 15.2. The summed E-state index contributed by atoms with van der Waals surface area (Å²) in [5, 5.41) is 6.73. The molecule has 6 nitrogen and oxygen atoms in total. The Hall–Kier alpha value is -1.47. The van der Waals surface area contributed by atoms with Crippen LogP contribution >= 0.6 is 11.3 Å². The first-order chi connectivity index (χ1) is 11.6. The van der Waals surface area contributed by atoms with Gasteiger partial charge in [0.25, 0.3) is 5.91 Å². The van der Waals surface area contributed by atoms with Crippen LogP contribution in [0, 0.1) is 0 Å². The van der Waals surface area contributed by atoms with Crippen LogP contribution in [-0.2, 0) is 17.8 Å². The number of hydrogen-bond donors (Lipinski definition) is 2. The number of likely N-dealkylation sites (N-methyl/N-ethyl adjacent to an activating group) is 1. The molecule has 0 bridgehead atoms. The molecule has 0 saturated heterocycles. The number of carbonyl (C=O) groups is 2. The van der Waals surface area contributed by atoms with Gasteiger partial charge < -0.3 is 15.5 Å². The van der Waals surface area contributed by atoms with Crippen LogP contribution in [0.15, 0.2) is 0 Å². The predicted octanol–water partition coefficient (Wildman–Crippen LogP) is 1.70. The third kappa shape index (κ3) is 3.95. The molecule has 3 rings (SSSR count). The highest BCUT2D eigenvalue weighted by Crippen LogP contribution is 2.25. The third-order valence-corrected chi connectivity index (χ3v) is 5.95. The monoisotopic (exact) mass is 350 g/mol. The highest BCUT2D eigenvalue weighted by Gasteiger charge is 2.29. The molecule has 2 aliphatic rings. The zero-order valence-electron chi connectivity index (χ0n) is 14.4. The minimum atomic E-state index is -0.0975. The molecule has 1 saturated carbocycles. The van der Waals surface area contributed by atoms with E-state index in [9.17, 15) is 9.59 Å². The van der Waals surface area contributed by atoms with E-state index in [1.165, 1.54) is 16.2 Å². The van der Waals surface area contributed by atoms with Gasteiger partial charge in [0.1, 0.15) is 0 Å². The van der Waals surface area contributed by atoms with Gasteiger partial charge in [0.2, 0.25) is 5.91 Å². The van der Waals surface area contributed by atoms with Gasteiger partial charge in [0.05, 0.1) is 5.69 Å². The molecule has 1 aromatic rings. The van der Waals surface area contributed by atoms with Crippen molar-refractivity contribution in [1.29, 1.82) is 0 Å². The maximum atomic E-state index is 12.6. The lowest BCUT2D eigenvalue weighted by Gasteiger charge is -2.32. The number of amides is 2. The van der Waals surface area contributed by atoms with Gasteiger partial charge in [0, 0.05) is 42.9 Å². The van der Waals surface area contributed by atoms with E-state index in [1.807, 2.05) is 6.92 Å². The SMILES string of the molecule is CCC(=O)N[C@H]1CCCC[C@H]1NC(=O)c1nc2c(s1)CN(C)CC2. The number of nitrogens with one attached hydrogen (secondary N) is 2. The first-order valence-corrected chi connectivity index (χ1v) is 9.65. The molecule has 1 aliphatic heterocycles. The van der Waals surface area contributed by atoms with E-state index in [4.69, 9.17) is 0 Å². The van der Waals surface area contributed by atoms with Crippen molar-refractivity contribution in [3.05, 3.63) is 15.6 Å². The third-order valence-electron chi connectivity index (χ3n) is 4.87. The Labute approximate surface area is 147 Å². The maximum Gasteiger partial charge on any atom is 0.280 e. The van der Waals surface area contributed by atoms with E-state index >= 15 is 0 Å². The lowest BCUT2D eigenvalue weighted by Crippen LogP contribution is -2.53. The van der Waals surface area contributed by atoms with Crippen molar-refractivity contribution in [1.82, 2.24) is 20.5 Å². The van der Waals surface area contributed by atoms with E-state index < -0.39 is 0 Å². The smallest absolute Gasteiger partial charge is 0.280 e. The minimum absolute atomic E-state index is 0.00496. The molecule has 0 radical (unpaired) electrons. The van der Waals surface area contributed by atoms with E-state index in [1.54, 1.807) is 0 Å². The molecule has 132 valence electrons. The fourth-order valence-corrected chi connectivity index (χ4v) is 4.53. The van der Waals surface area contributed by atoms with Gasteiger partial charge in [-0.25, -0.2) is 4.98 Å². The van der Waals surface area contributed by atoms with Crippen LogP contribution < -0.4 is 10.6 Å². The van der Waals surface area contributed by atoms with Crippen LogP contribution in [0.3, 0.4) is 0 Å². The normalized spacial score (nSPS) is 24.2. The number of rotatable bonds is 4.